The fourth-order valence-electron chi connectivity index (χ4n) is 2.31. The number of hydrogen-bond donors (Lipinski definition) is 2. The molecular formula is C17H16N4O. The van der Waals surface area contributed by atoms with Gasteiger partial charge in [0.25, 0.3) is 5.56 Å². The predicted octanol–water partition coefficient (Wildman–Crippen LogP) is 2.64. The second-order valence-corrected chi connectivity index (χ2v) is 4.96. The lowest BCUT2D eigenvalue weighted by Crippen LogP contribution is -2.09. The van der Waals surface area contributed by atoms with Crippen LogP contribution >= 0.6 is 0 Å². The first-order valence-corrected chi connectivity index (χ1v) is 7.09. The Kier molecular flexibility index (Phi) is 3.70. The number of benzene rings is 1. The van der Waals surface area contributed by atoms with Crippen LogP contribution in [-0.4, -0.2) is 15.0 Å². The number of rotatable bonds is 3. The Balaban J connectivity index is 2.10. The van der Waals surface area contributed by atoms with Crippen LogP contribution in [0.4, 0.5) is 5.69 Å². The lowest BCUT2D eigenvalue weighted by atomic mass is 10.0. The van der Waals surface area contributed by atoms with Crippen LogP contribution in [0.3, 0.4) is 0 Å². The minimum Gasteiger partial charge on any atom is -0.398 e. The lowest BCUT2D eigenvalue weighted by molar-refractivity contribution is 1.10. The molecule has 2 aromatic heterocycles. The Morgan fingerprint density at radius 2 is 2.00 bits per heavy atom. The van der Waals surface area contributed by atoms with Crippen molar-refractivity contribution in [2.45, 2.75) is 13.3 Å². The molecule has 0 saturated carbocycles. The summed E-state index contributed by atoms with van der Waals surface area (Å²) in [6.45, 7) is 2.05. The smallest absolute Gasteiger partial charge is 0.251 e. The van der Waals surface area contributed by atoms with Crippen LogP contribution in [0.15, 0.2) is 53.5 Å². The van der Waals surface area contributed by atoms with E-state index in [1.807, 2.05) is 30.3 Å². The normalized spacial score (nSPS) is 10.6. The van der Waals surface area contributed by atoms with Crippen LogP contribution in [0.5, 0.6) is 0 Å². The topological polar surface area (TPSA) is 84.7 Å². The number of pyridine rings is 1. The molecule has 3 N–H and O–H groups in total. The highest BCUT2D eigenvalue weighted by Gasteiger charge is 2.08. The molecule has 0 bridgehead atoms. The molecule has 3 rings (SSSR count). The highest BCUT2D eigenvalue weighted by molar-refractivity contribution is 5.67. The van der Waals surface area contributed by atoms with Crippen molar-refractivity contribution in [2.75, 3.05) is 5.73 Å². The summed E-state index contributed by atoms with van der Waals surface area (Å²) < 4.78 is 0. The summed E-state index contributed by atoms with van der Waals surface area (Å²) in [6, 6.07) is 12.7. The molecule has 0 radical (unpaired) electrons. The molecule has 0 saturated heterocycles. The Labute approximate surface area is 127 Å². The van der Waals surface area contributed by atoms with Gasteiger partial charge in [0.05, 0.1) is 5.69 Å². The van der Waals surface area contributed by atoms with Crippen LogP contribution in [0.2, 0.25) is 0 Å². The van der Waals surface area contributed by atoms with Crippen molar-refractivity contribution in [1.29, 1.82) is 0 Å². The van der Waals surface area contributed by atoms with Crippen molar-refractivity contribution in [2.24, 2.45) is 0 Å². The van der Waals surface area contributed by atoms with Crippen LogP contribution in [0.25, 0.3) is 22.8 Å². The molecule has 0 amide bonds. The highest BCUT2D eigenvalue weighted by Crippen LogP contribution is 2.23. The first-order chi connectivity index (χ1) is 10.7. The average Bonchev–Trinajstić information content (AvgIpc) is 2.55. The summed E-state index contributed by atoms with van der Waals surface area (Å²) in [5, 5.41) is 0. The molecule has 0 unspecified atom stereocenters. The van der Waals surface area contributed by atoms with E-state index < -0.39 is 0 Å². The fourth-order valence-corrected chi connectivity index (χ4v) is 2.31. The zero-order valence-corrected chi connectivity index (χ0v) is 12.2. The molecule has 2 heterocycles. The fraction of sp³-hybridized carbons (Fsp3) is 0.118. The Hall–Kier alpha value is -2.95. The number of nitrogens with zero attached hydrogens (tertiary/aromatic N) is 2. The van der Waals surface area contributed by atoms with Crippen LogP contribution < -0.4 is 11.3 Å². The van der Waals surface area contributed by atoms with E-state index in [1.165, 1.54) is 6.07 Å². The van der Waals surface area contributed by atoms with E-state index in [-0.39, 0.29) is 5.56 Å². The quantitative estimate of drug-likeness (QED) is 0.727. The zero-order chi connectivity index (χ0) is 15.5. The molecule has 3 aromatic rings. The summed E-state index contributed by atoms with van der Waals surface area (Å²) >= 11 is 0. The molecule has 5 heteroatoms. The second kappa shape index (κ2) is 5.81. The van der Waals surface area contributed by atoms with Gasteiger partial charge in [-0.1, -0.05) is 25.1 Å². The van der Waals surface area contributed by atoms with E-state index in [4.69, 9.17) is 5.73 Å². The second-order valence-electron chi connectivity index (χ2n) is 4.96. The maximum atomic E-state index is 11.9. The number of anilines is 1. The molecule has 0 atom stereocenters. The van der Waals surface area contributed by atoms with Gasteiger partial charge in [-0.3, -0.25) is 9.78 Å². The number of nitrogen functional groups attached to an aromatic ring is 1. The lowest BCUT2D eigenvalue weighted by Gasteiger charge is -2.07. The van der Waals surface area contributed by atoms with Crippen LogP contribution in [0.1, 0.15) is 12.5 Å². The van der Waals surface area contributed by atoms with Gasteiger partial charge in [-0.25, -0.2) is 4.98 Å². The first-order valence-electron chi connectivity index (χ1n) is 7.09. The number of nitrogens with two attached hydrogens (primary N) is 1. The van der Waals surface area contributed by atoms with E-state index in [9.17, 15) is 4.79 Å². The number of nitrogens with one attached hydrogen (secondary N) is 1. The monoisotopic (exact) mass is 292 g/mol. The SMILES string of the molecule is CCc1ccc(-c2cc(=O)[nH]c(-c3ccccn3)n2)cc1N. The summed E-state index contributed by atoms with van der Waals surface area (Å²) in [6.07, 6.45) is 2.53. The van der Waals surface area contributed by atoms with Crippen molar-refractivity contribution >= 4 is 5.69 Å². The summed E-state index contributed by atoms with van der Waals surface area (Å²) in [7, 11) is 0. The minimum absolute atomic E-state index is 0.219. The predicted molar refractivity (Wildman–Crippen MR) is 87.3 cm³/mol. The number of aromatic amines is 1. The van der Waals surface area contributed by atoms with E-state index in [2.05, 4.69) is 21.9 Å². The van der Waals surface area contributed by atoms with Crippen molar-refractivity contribution in [3.8, 4) is 22.8 Å². The third-order valence-electron chi connectivity index (χ3n) is 3.47. The molecule has 0 aliphatic heterocycles. The van der Waals surface area contributed by atoms with Gasteiger partial charge in [0.2, 0.25) is 0 Å². The van der Waals surface area contributed by atoms with Crippen molar-refractivity contribution in [1.82, 2.24) is 15.0 Å². The highest BCUT2D eigenvalue weighted by atomic mass is 16.1. The van der Waals surface area contributed by atoms with Crippen molar-refractivity contribution < 1.29 is 0 Å². The average molecular weight is 292 g/mol. The standard InChI is InChI=1S/C17H16N4O/c1-2-11-6-7-12(9-13(11)18)15-10-16(22)21-17(20-15)14-5-3-4-8-19-14/h3-10H,2,18H2,1H3,(H,20,21,22). The Morgan fingerprint density at radius 3 is 2.68 bits per heavy atom. The third-order valence-corrected chi connectivity index (χ3v) is 3.47. The van der Waals surface area contributed by atoms with Gasteiger partial charge in [0, 0.05) is 23.5 Å². The molecule has 22 heavy (non-hydrogen) atoms. The third kappa shape index (κ3) is 2.74. The van der Waals surface area contributed by atoms with E-state index in [0.717, 1.165) is 17.5 Å². The van der Waals surface area contributed by atoms with E-state index in [0.29, 0.717) is 22.9 Å². The Morgan fingerprint density at radius 1 is 1.14 bits per heavy atom. The molecule has 5 nitrogen and oxygen atoms in total. The first kappa shape index (κ1) is 14.0. The zero-order valence-electron chi connectivity index (χ0n) is 12.2. The van der Waals surface area contributed by atoms with Gasteiger partial charge in [0.1, 0.15) is 5.69 Å². The molecule has 1 aromatic carbocycles. The summed E-state index contributed by atoms with van der Waals surface area (Å²) in [5.41, 5.74) is 9.63. The molecular weight excluding hydrogens is 276 g/mol. The molecule has 0 aliphatic rings. The van der Waals surface area contributed by atoms with Crippen LogP contribution in [0, 0.1) is 0 Å². The van der Waals surface area contributed by atoms with Crippen LogP contribution in [-0.2, 0) is 6.42 Å². The van der Waals surface area contributed by atoms with Gasteiger partial charge < -0.3 is 10.7 Å². The summed E-state index contributed by atoms with van der Waals surface area (Å²) in [5.74, 6) is 0.446. The number of aryl methyl sites for hydroxylation is 1. The van der Waals surface area contributed by atoms with Crippen molar-refractivity contribution in [3.05, 3.63) is 64.6 Å². The number of H-pyrrole nitrogens is 1. The van der Waals surface area contributed by atoms with Gasteiger partial charge in [0.15, 0.2) is 5.82 Å². The number of hydrogen-bond acceptors (Lipinski definition) is 4. The van der Waals surface area contributed by atoms with E-state index in [1.54, 1.807) is 12.3 Å². The van der Waals surface area contributed by atoms with Gasteiger partial charge >= 0.3 is 0 Å². The largest absolute Gasteiger partial charge is 0.398 e. The van der Waals surface area contributed by atoms with E-state index >= 15 is 0 Å². The van der Waals surface area contributed by atoms with Crippen molar-refractivity contribution in [3.63, 3.8) is 0 Å². The Bertz CT molecular complexity index is 856. The minimum atomic E-state index is -0.219. The van der Waals surface area contributed by atoms with Gasteiger partial charge in [-0.05, 0) is 30.2 Å². The van der Waals surface area contributed by atoms with Gasteiger partial charge in [-0.15, -0.1) is 0 Å². The maximum Gasteiger partial charge on any atom is 0.251 e. The molecule has 0 aliphatic carbocycles. The molecule has 110 valence electrons. The van der Waals surface area contributed by atoms with Gasteiger partial charge in [-0.2, -0.15) is 0 Å². The molecule has 0 spiro atoms. The number of aromatic nitrogens is 3. The summed E-state index contributed by atoms with van der Waals surface area (Å²) in [4.78, 5) is 23.3. The molecule has 0 fully saturated rings. The maximum absolute atomic E-state index is 11.9.